The molecule has 0 aliphatic carbocycles. The lowest BCUT2D eigenvalue weighted by atomic mass is 10.1. The second kappa shape index (κ2) is 4.09. The number of aromatic nitrogens is 2. The molecular formula is C12H22N4. The van der Waals surface area contributed by atoms with Crippen molar-refractivity contribution in [3.05, 3.63) is 11.3 Å². The van der Waals surface area contributed by atoms with Crippen LogP contribution in [0, 0.1) is 0 Å². The maximum Gasteiger partial charge on any atom is 0.125 e. The number of fused-ring (bicyclic) bond motifs is 1. The van der Waals surface area contributed by atoms with Gasteiger partial charge in [0, 0.05) is 30.7 Å². The summed E-state index contributed by atoms with van der Waals surface area (Å²) in [5.41, 5.74) is 8.57. The van der Waals surface area contributed by atoms with Gasteiger partial charge in [0.2, 0.25) is 0 Å². The first-order chi connectivity index (χ1) is 7.50. The van der Waals surface area contributed by atoms with Crippen molar-refractivity contribution in [2.75, 3.05) is 12.3 Å². The van der Waals surface area contributed by atoms with Crippen molar-refractivity contribution in [1.29, 1.82) is 0 Å². The molecule has 0 spiro atoms. The topological polar surface area (TPSA) is 47.1 Å². The van der Waals surface area contributed by atoms with E-state index in [0.717, 1.165) is 25.3 Å². The van der Waals surface area contributed by atoms with E-state index in [1.54, 1.807) is 0 Å². The van der Waals surface area contributed by atoms with Crippen LogP contribution >= 0.6 is 0 Å². The summed E-state index contributed by atoms with van der Waals surface area (Å²) in [6.45, 7) is 10.7. The maximum atomic E-state index is 6.13. The molecule has 16 heavy (non-hydrogen) atoms. The van der Waals surface area contributed by atoms with Crippen LogP contribution in [-0.2, 0) is 13.0 Å². The summed E-state index contributed by atoms with van der Waals surface area (Å²) in [7, 11) is 0. The Morgan fingerprint density at radius 1 is 1.19 bits per heavy atom. The molecule has 1 aromatic heterocycles. The summed E-state index contributed by atoms with van der Waals surface area (Å²) >= 11 is 0. The second-order valence-electron chi connectivity index (χ2n) is 5.16. The Morgan fingerprint density at radius 3 is 2.44 bits per heavy atom. The molecule has 0 saturated heterocycles. The van der Waals surface area contributed by atoms with Gasteiger partial charge in [0.25, 0.3) is 0 Å². The van der Waals surface area contributed by atoms with Crippen molar-refractivity contribution < 1.29 is 0 Å². The van der Waals surface area contributed by atoms with E-state index in [1.807, 2.05) is 4.68 Å². The van der Waals surface area contributed by atoms with Crippen LogP contribution in [0.4, 0.5) is 5.82 Å². The summed E-state index contributed by atoms with van der Waals surface area (Å²) in [5.74, 6) is 0.869. The summed E-state index contributed by atoms with van der Waals surface area (Å²) in [5, 5.41) is 4.63. The molecule has 2 heterocycles. The molecular weight excluding hydrogens is 200 g/mol. The molecule has 4 heteroatoms. The van der Waals surface area contributed by atoms with Gasteiger partial charge in [0.15, 0.2) is 0 Å². The Balaban J connectivity index is 2.30. The van der Waals surface area contributed by atoms with Gasteiger partial charge in [0.05, 0.1) is 5.69 Å². The smallest absolute Gasteiger partial charge is 0.125 e. The van der Waals surface area contributed by atoms with Crippen molar-refractivity contribution in [3.8, 4) is 0 Å². The molecule has 1 aliphatic rings. The van der Waals surface area contributed by atoms with Crippen LogP contribution in [0.5, 0.6) is 0 Å². The third-order valence-corrected chi connectivity index (χ3v) is 3.35. The lowest BCUT2D eigenvalue weighted by molar-refractivity contribution is 0.200. The van der Waals surface area contributed by atoms with Gasteiger partial charge in [-0.05, 0) is 34.1 Å². The average Bonchev–Trinajstić information content (AvgIpc) is 2.55. The Bertz CT molecular complexity index is 379. The molecule has 4 nitrogen and oxygen atoms in total. The third kappa shape index (κ3) is 1.82. The summed E-state index contributed by atoms with van der Waals surface area (Å²) in [4.78, 5) is 2.44. The average molecular weight is 222 g/mol. The molecule has 0 atom stereocenters. The fraction of sp³-hybridized carbons (Fsp3) is 0.750. The van der Waals surface area contributed by atoms with E-state index in [1.165, 1.54) is 11.3 Å². The van der Waals surface area contributed by atoms with Gasteiger partial charge < -0.3 is 5.73 Å². The van der Waals surface area contributed by atoms with Crippen LogP contribution in [0.3, 0.4) is 0 Å². The summed E-state index contributed by atoms with van der Waals surface area (Å²) in [6.07, 6.45) is 1.03. The SMILES string of the molecule is CC(C)N1CCc2c(nn(C(C)C)c2N)C1. The lowest BCUT2D eigenvalue weighted by Gasteiger charge is -2.29. The van der Waals surface area contributed by atoms with Crippen LogP contribution < -0.4 is 5.73 Å². The number of nitrogens with two attached hydrogens (primary N) is 1. The van der Waals surface area contributed by atoms with E-state index < -0.39 is 0 Å². The minimum absolute atomic E-state index is 0.345. The highest BCUT2D eigenvalue weighted by Crippen LogP contribution is 2.26. The second-order valence-corrected chi connectivity index (χ2v) is 5.16. The first kappa shape index (κ1) is 11.5. The van der Waals surface area contributed by atoms with Crippen LogP contribution in [0.2, 0.25) is 0 Å². The molecule has 90 valence electrons. The van der Waals surface area contributed by atoms with Crippen molar-refractivity contribution in [2.45, 2.75) is 52.7 Å². The van der Waals surface area contributed by atoms with Crippen LogP contribution in [0.1, 0.15) is 45.0 Å². The first-order valence-corrected chi connectivity index (χ1v) is 6.10. The van der Waals surface area contributed by atoms with Gasteiger partial charge in [-0.25, -0.2) is 4.68 Å². The normalized spacial score (nSPS) is 17.1. The lowest BCUT2D eigenvalue weighted by Crippen LogP contribution is -2.35. The number of nitrogen functional groups attached to an aromatic ring is 1. The Labute approximate surface area is 97.4 Å². The molecule has 0 radical (unpaired) electrons. The standard InChI is InChI=1S/C12H22N4/c1-8(2)15-6-5-10-11(7-15)14-16(9(3)4)12(10)13/h8-9H,5-7,13H2,1-4H3. The molecule has 0 aromatic carbocycles. The van der Waals surface area contributed by atoms with Crippen LogP contribution in [-0.4, -0.2) is 27.3 Å². The minimum Gasteiger partial charge on any atom is -0.384 e. The van der Waals surface area contributed by atoms with Crippen LogP contribution in [0.15, 0.2) is 0 Å². The predicted molar refractivity (Wildman–Crippen MR) is 66.3 cm³/mol. The van der Waals surface area contributed by atoms with Crippen molar-refractivity contribution in [2.24, 2.45) is 0 Å². The zero-order valence-electron chi connectivity index (χ0n) is 10.7. The van der Waals surface area contributed by atoms with Crippen molar-refractivity contribution in [1.82, 2.24) is 14.7 Å². The summed E-state index contributed by atoms with van der Waals surface area (Å²) < 4.78 is 1.95. The fourth-order valence-electron chi connectivity index (χ4n) is 2.29. The largest absolute Gasteiger partial charge is 0.384 e. The van der Waals surface area contributed by atoms with E-state index in [0.29, 0.717) is 12.1 Å². The number of hydrogen-bond acceptors (Lipinski definition) is 3. The molecule has 2 N–H and O–H groups in total. The number of anilines is 1. The fourth-order valence-corrected chi connectivity index (χ4v) is 2.29. The minimum atomic E-state index is 0.345. The molecule has 0 bridgehead atoms. The zero-order chi connectivity index (χ0) is 11.9. The van der Waals surface area contributed by atoms with Gasteiger partial charge in [-0.2, -0.15) is 5.10 Å². The molecule has 0 fully saturated rings. The van der Waals surface area contributed by atoms with Gasteiger partial charge in [-0.1, -0.05) is 0 Å². The Hall–Kier alpha value is -1.03. The van der Waals surface area contributed by atoms with Gasteiger partial charge in [-0.3, -0.25) is 4.90 Å². The first-order valence-electron chi connectivity index (χ1n) is 6.10. The maximum absolute atomic E-state index is 6.13. The Kier molecular flexibility index (Phi) is 2.93. The van der Waals surface area contributed by atoms with E-state index in [9.17, 15) is 0 Å². The van der Waals surface area contributed by atoms with Gasteiger partial charge in [0.1, 0.15) is 5.82 Å². The zero-order valence-corrected chi connectivity index (χ0v) is 10.7. The highest BCUT2D eigenvalue weighted by atomic mass is 15.3. The molecule has 2 rings (SSSR count). The quantitative estimate of drug-likeness (QED) is 0.830. The highest BCUT2D eigenvalue weighted by Gasteiger charge is 2.24. The molecule has 0 amide bonds. The Morgan fingerprint density at radius 2 is 1.88 bits per heavy atom. The number of rotatable bonds is 2. The third-order valence-electron chi connectivity index (χ3n) is 3.35. The predicted octanol–water partition coefficient (Wildman–Crippen LogP) is 1.81. The number of nitrogens with zero attached hydrogens (tertiary/aromatic N) is 3. The van der Waals surface area contributed by atoms with Crippen LogP contribution in [0.25, 0.3) is 0 Å². The van der Waals surface area contributed by atoms with E-state index >= 15 is 0 Å². The van der Waals surface area contributed by atoms with Gasteiger partial charge >= 0.3 is 0 Å². The molecule has 1 aliphatic heterocycles. The van der Waals surface area contributed by atoms with E-state index in [4.69, 9.17) is 5.73 Å². The van der Waals surface area contributed by atoms with Crippen molar-refractivity contribution in [3.63, 3.8) is 0 Å². The van der Waals surface area contributed by atoms with Gasteiger partial charge in [-0.15, -0.1) is 0 Å². The molecule has 1 aromatic rings. The highest BCUT2D eigenvalue weighted by molar-refractivity contribution is 5.45. The number of hydrogen-bond donors (Lipinski definition) is 1. The molecule has 0 unspecified atom stereocenters. The van der Waals surface area contributed by atoms with Crippen molar-refractivity contribution >= 4 is 5.82 Å². The van der Waals surface area contributed by atoms with E-state index in [-0.39, 0.29) is 0 Å². The molecule has 0 saturated carbocycles. The van der Waals surface area contributed by atoms with E-state index in [2.05, 4.69) is 37.7 Å². The summed E-state index contributed by atoms with van der Waals surface area (Å²) in [6, 6.07) is 0.927. The monoisotopic (exact) mass is 222 g/mol.